The topological polar surface area (TPSA) is 84.5 Å². The van der Waals surface area contributed by atoms with Crippen LogP contribution in [0.15, 0.2) is 12.8 Å². The van der Waals surface area contributed by atoms with Crippen LogP contribution in [-0.2, 0) is 21.1 Å². The van der Waals surface area contributed by atoms with Crippen molar-refractivity contribution in [3.05, 3.63) is 18.6 Å². The molecule has 0 aromatic carbocycles. The SMILES string of the molecule is C=CO.[NH-]C(CO)CO.[W]. The molecule has 4 N–H and O–H groups in total. The van der Waals surface area contributed by atoms with Crippen LogP contribution in [-0.4, -0.2) is 34.6 Å². The Morgan fingerprint density at radius 2 is 1.60 bits per heavy atom. The molecule has 0 aliphatic heterocycles. The van der Waals surface area contributed by atoms with Gasteiger partial charge in [0.25, 0.3) is 0 Å². The van der Waals surface area contributed by atoms with Crippen molar-refractivity contribution in [1.29, 1.82) is 0 Å². The summed E-state index contributed by atoms with van der Waals surface area (Å²) in [5.74, 6) is 0. The Morgan fingerprint density at radius 1 is 1.40 bits per heavy atom. The van der Waals surface area contributed by atoms with Gasteiger partial charge in [0.1, 0.15) is 0 Å². The molecule has 10 heavy (non-hydrogen) atoms. The largest absolute Gasteiger partial charge is 0.671 e. The quantitative estimate of drug-likeness (QED) is 0.630. The maximum absolute atomic E-state index is 7.99. The van der Waals surface area contributed by atoms with Gasteiger partial charge in [0.2, 0.25) is 0 Å². The molecule has 0 heterocycles. The smallest absolute Gasteiger partial charge is 0.0719 e. The van der Waals surface area contributed by atoms with E-state index >= 15 is 0 Å². The monoisotopic (exact) mass is 318 g/mol. The van der Waals surface area contributed by atoms with Crippen LogP contribution in [0.1, 0.15) is 0 Å². The van der Waals surface area contributed by atoms with Gasteiger partial charge in [-0.05, 0) is 0 Å². The molecule has 5 heteroatoms. The third kappa shape index (κ3) is 24.3. The number of hydrogen-bond donors (Lipinski definition) is 3. The standard InChI is InChI=1S/C3H8NO2.C2H4O.W/c4-3(1-5)2-6;1-2-3;/h3-6H,1-2H2;2-3H,1H2;/q-1;;. The maximum atomic E-state index is 7.99. The summed E-state index contributed by atoms with van der Waals surface area (Å²) in [7, 11) is 0. The molecule has 62 valence electrons. The molecule has 0 amide bonds. The summed E-state index contributed by atoms with van der Waals surface area (Å²) < 4.78 is 0. The minimum atomic E-state index is -0.704. The first-order chi connectivity index (χ1) is 4.22. The molecule has 0 unspecified atom stereocenters. The van der Waals surface area contributed by atoms with Gasteiger partial charge in [-0.1, -0.05) is 12.6 Å². The van der Waals surface area contributed by atoms with Gasteiger partial charge in [-0.25, -0.2) is 0 Å². The molecular formula is C5H12NO3W-. The van der Waals surface area contributed by atoms with Gasteiger partial charge in [0.05, 0.1) is 6.26 Å². The fourth-order valence-electron chi connectivity index (χ4n) is 0.0577. The van der Waals surface area contributed by atoms with Crippen molar-refractivity contribution < 1.29 is 36.4 Å². The van der Waals surface area contributed by atoms with Crippen molar-refractivity contribution in [3.8, 4) is 0 Å². The van der Waals surface area contributed by atoms with Gasteiger partial charge in [-0.15, -0.1) is 0 Å². The van der Waals surface area contributed by atoms with Gasteiger partial charge in [-0.3, -0.25) is 0 Å². The van der Waals surface area contributed by atoms with Crippen LogP contribution in [0, 0.1) is 0 Å². The van der Waals surface area contributed by atoms with Gasteiger partial charge in [0, 0.05) is 34.3 Å². The summed E-state index contributed by atoms with van der Waals surface area (Å²) in [6.07, 6.45) is 0.750. The Hall–Kier alpha value is 0.108. The molecule has 0 saturated carbocycles. The van der Waals surface area contributed by atoms with Crippen molar-refractivity contribution in [3.63, 3.8) is 0 Å². The second kappa shape index (κ2) is 16.0. The van der Waals surface area contributed by atoms with E-state index in [0.29, 0.717) is 0 Å². The second-order valence-corrected chi connectivity index (χ2v) is 1.24. The fraction of sp³-hybridized carbons (Fsp3) is 0.600. The zero-order chi connectivity index (χ0) is 7.70. The normalized spacial score (nSPS) is 7.20. The molecule has 0 atom stereocenters. The van der Waals surface area contributed by atoms with Gasteiger partial charge >= 0.3 is 0 Å². The molecule has 0 aromatic heterocycles. The summed E-state index contributed by atoms with van der Waals surface area (Å²) in [5, 5.41) is 23.3. The fourth-order valence-corrected chi connectivity index (χ4v) is 0.0577. The Kier molecular flexibility index (Phi) is 26.6. The third-order valence-corrected chi connectivity index (χ3v) is 0.441. The van der Waals surface area contributed by atoms with E-state index in [2.05, 4.69) is 6.58 Å². The summed E-state index contributed by atoms with van der Waals surface area (Å²) >= 11 is 0. The Labute approximate surface area is 74.6 Å². The Morgan fingerprint density at radius 3 is 1.60 bits per heavy atom. The summed E-state index contributed by atoms with van der Waals surface area (Å²) in [6.45, 7) is 2.41. The molecule has 0 bridgehead atoms. The first kappa shape index (κ1) is 16.6. The maximum Gasteiger partial charge on any atom is 0.0719 e. The van der Waals surface area contributed by atoms with Crippen LogP contribution in [0.25, 0.3) is 5.73 Å². The van der Waals surface area contributed by atoms with Crippen LogP contribution >= 0.6 is 0 Å². The average Bonchev–Trinajstić information content (AvgIpc) is 1.88. The number of aliphatic hydroxyl groups is 3. The molecule has 0 aliphatic rings. The van der Waals surface area contributed by atoms with Crippen LogP contribution in [0.5, 0.6) is 0 Å². The number of rotatable bonds is 2. The van der Waals surface area contributed by atoms with Gasteiger partial charge < -0.3 is 21.1 Å². The Bertz CT molecular complexity index is 58.9. The second-order valence-electron chi connectivity index (χ2n) is 1.24. The summed E-state index contributed by atoms with van der Waals surface area (Å²) in [6, 6.07) is -0.704. The third-order valence-electron chi connectivity index (χ3n) is 0.441. The first-order valence-corrected chi connectivity index (χ1v) is 2.40. The van der Waals surface area contributed by atoms with Crippen molar-refractivity contribution in [2.24, 2.45) is 0 Å². The summed E-state index contributed by atoms with van der Waals surface area (Å²) in [4.78, 5) is 0. The average molecular weight is 318 g/mol. The van der Waals surface area contributed by atoms with Crippen LogP contribution in [0.4, 0.5) is 0 Å². The van der Waals surface area contributed by atoms with E-state index in [1.807, 2.05) is 0 Å². The van der Waals surface area contributed by atoms with E-state index < -0.39 is 6.04 Å². The van der Waals surface area contributed by atoms with Crippen molar-refractivity contribution in [2.75, 3.05) is 13.2 Å². The molecule has 0 aromatic rings. The first-order valence-electron chi connectivity index (χ1n) is 2.40. The number of hydrogen-bond acceptors (Lipinski definition) is 3. The minimum absolute atomic E-state index is 0. The molecule has 0 fully saturated rings. The Balaban J connectivity index is -0.000000107. The minimum Gasteiger partial charge on any atom is -0.671 e. The predicted octanol–water partition coefficient (Wildman–Crippen LogP) is 0.0772. The zero-order valence-electron chi connectivity index (χ0n) is 5.53. The molecular weight excluding hydrogens is 306 g/mol. The van der Waals surface area contributed by atoms with E-state index in [-0.39, 0.29) is 34.3 Å². The molecule has 0 aliphatic carbocycles. The van der Waals surface area contributed by atoms with Crippen molar-refractivity contribution in [2.45, 2.75) is 6.04 Å². The number of aliphatic hydroxyl groups excluding tert-OH is 3. The van der Waals surface area contributed by atoms with Gasteiger partial charge in [0.15, 0.2) is 0 Å². The molecule has 0 rings (SSSR count). The van der Waals surface area contributed by atoms with Crippen molar-refractivity contribution >= 4 is 0 Å². The van der Waals surface area contributed by atoms with Crippen LogP contribution < -0.4 is 0 Å². The van der Waals surface area contributed by atoms with E-state index in [0.717, 1.165) is 6.26 Å². The van der Waals surface area contributed by atoms with Gasteiger partial charge in [-0.2, -0.15) is 0 Å². The molecule has 0 radical (unpaired) electrons. The summed E-state index contributed by atoms with van der Waals surface area (Å²) in [5.41, 5.74) is 6.57. The van der Waals surface area contributed by atoms with E-state index in [9.17, 15) is 0 Å². The van der Waals surface area contributed by atoms with Crippen LogP contribution in [0.3, 0.4) is 0 Å². The van der Waals surface area contributed by atoms with Crippen LogP contribution in [0.2, 0.25) is 0 Å². The van der Waals surface area contributed by atoms with E-state index in [1.54, 1.807) is 0 Å². The molecule has 4 nitrogen and oxygen atoms in total. The number of nitrogens with one attached hydrogen (secondary N) is 1. The van der Waals surface area contributed by atoms with Crippen molar-refractivity contribution in [1.82, 2.24) is 0 Å². The predicted molar refractivity (Wildman–Crippen MR) is 35.1 cm³/mol. The molecule has 0 saturated heterocycles. The molecule has 0 spiro atoms. The van der Waals surface area contributed by atoms with E-state index in [4.69, 9.17) is 21.1 Å². The zero-order valence-corrected chi connectivity index (χ0v) is 8.46. The van der Waals surface area contributed by atoms with E-state index in [1.165, 1.54) is 0 Å².